The Hall–Kier alpha value is -3.46. The van der Waals surface area contributed by atoms with Crippen LogP contribution in [0.5, 0.6) is 0 Å². The number of pyridine rings is 3. The Kier molecular flexibility index (Phi) is 4.89. The van der Waals surface area contributed by atoms with Crippen molar-refractivity contribution >= 4 is 22.6 Å². The lowest BCUT2D eigenvalue weighted by atomic mass is 10.0. The summed E-state index contributed by atoms with van der Waals surface area (Å²) in [6.07, 6.45) is 5.48. The van der Waals surface area contributed by atoms with E-state index in [-0.39, 0.29) is 5.56 Å². The fourth-order valence-electron chi connectivity index (χ4n) is 3.22. The predicted molar refractivity (Wildman–Crippen MR) is 116 cm³/mol. The summed E-state index contributed by atoms with van der Waals surface area (Å²) in [7, 11) is 1.71. The van der Waals surface area contributed by atoms with Crippen molar-refractivity contribution in [3.8, 4) is 23.6 Å². The summed E-state index contributed by atoms with van der Waals surface area (Å²) in [5.41, 5.74) is 10.9. The van der Waals surface area contributed by atoms with Crippen molar-refractivity contribution in [2.45, 2.75) is 6.04 Å². The van der Waals surface area contributed by atoms with Crippen LogP contribution in [0.15, 0.2) is 65.5 Å². The third-order valence-corrected chi connectivity index (χ3v) is 5.08. The van der Waals surface area contributed by atoms with Crippen LogP contribution in [0.1, 0.15) is 23.0 Å². The highest BCUT2D eigenvalue weighted by Crippen LogP contribution is 2.27. The minimum atomic E-state index is -0.438. The first-order chi connectivity index (χ1) is 14.0. The van der Waals surface area contributed by atoms with E-state index >= 15 is 0 Å². The van der Waals surface area contributed by atoms with E-state index in [2.05, 4.69) is 10.9 Å². The molecule has 6 heteroatoms. The van der Waals surface area contributed by atoms with E-state index in [0.717, 1.165) is 5.56 Å². The van der Waals surface area contributed by atoms with Crippen LogP contribution in [0, 0.1) is 12.3 Å². The molecule has 0 bridgehead atoms. The maximum absolute atomic E-state index is 12.5. The zero-order valence-corrected chi connectivity index (χ0v) is 16.4. The lowest BCUT2D eigenvalue weighted by Gasteiger charge is -2.15. The molecular formula is C23H17ClN4O. The van der Waals surface area contributed by atoms with Crippen LogP contribution in [0.4, 0.5) is 0 Å². The second kappa shape index (κ2) is 7.51. The average molecular weight is 401 g/mol. The fourth-order valence-corrected chi connectivity index (χ4v) is 3.34. The van der Waals surface area contributed by atoms with E-state index in [1.54, 1.807) is 29.8 Å². The lowest BCUT2D eigenvalue weighted by Crippen LogP contribution is -2.18. The number of halogens is 1. The highest BCUT2D eigenvalue weighted by molar-refractivity contribution is 6.30. The monoisotopic (exact) mass is 400 g/mol. The molecule has 5 nitrogen and oxygen atoms in total. The first-order valence-electron chi connectivity index (χ1n) is 8.93. The van der Waals surface area contributed by atoms with E-state index in [9.17, 15) is 4.79 Å². The van der Waals surface area contributed by atoms with Gasteiger partial charge in [0.1, 0.15) is 5.69 Å². The van der Waals surface area contributed by atoms with Crippen molar-refractivity contribution in [2.75, 3.05) is 0 Å². The third-order valence-electron chi connectivity index (χ3n) is 4.83. The molecule has 0 radical (unpaired) electrons. The smallest absolute Gasteiger partial charge is 0.251 e. The van der Waals surface area contributed by atoms with Crippen LogP contribution in [0.3, 0.4) is 0 Å². The molecule has 1 aromatic carbocycles. The molecule has 0 aliphatic rings. The van der Waals surface area contributed by atoms with E-state index in [4.69, 9.17) is 28.7 Å². The van der Waals surface area contributed by atoms with Crippen molar-refractivity contribution in [3.63, 3.8) is 0 Å². The van der Waals surface area contributed by atoms with Gasteiger partial charge in [0, 0.05) is 23.7 Å². The number of benzene rings is 1. The van der Waals surface area contributed by atoms with Gasteiger partial charge in [-0.2, -0.15) is 0 Å². The molecule has 29 heavy (non-hydrogen) atoms. The van der Waals surface area contributed by atoms with E-state index in [1.807, 2.05) is 36.4 Å². The minimum absolute atomic E-state index is 0.156. The zero-order chi connectivity index (χ0) is 20.5. The van der Waals surface area contributed by atoms with E-state index in [0.29, 0.717) is 38.7 Å². The maximum Gasteiger partial charge on any atom is 0.251 e. The second-order valence-electron chi connectivity index (χ2n) is 6.64. The summed E-state index contributed by atoms with van der Waals surface area (Å²) >= 11 is 5.98. The molecule has 1 unspecified atom stereocenters. The summed E-state index contributed by atoms with van der Waals surface area (Å²) in [6, 6.07) is 17.5. The first-order valence-corrected chi connectivity index (χ1v) is 9.31. The minimum Gasteiger partial charge on any atom is -0.319 e. The molecule has 3 aromatic heterocycles. The molecule has 1 atom stereocenters. The number of hydrogen-bond donors (Lipinski definition) is 1. The normalized spacial score (nSPS) is 11.9. The Balaban J connectivity index is 1.93. The Morgan fingerprint density at radius 1 is 1.10 bits per heavy atom. The molecule has 3 heterocycles. The molecule has 0 saturated carbocycles. The van der Waals surface area contributed by atoms with Gasteiger partial charge in [-0.15, -0.1) is 6.42 Å². The molecule has 4 rings (SSSR count). The molecule has 0 spiro atoms. The van der Waals surface area contributed by atoms with Gasteiger partial charge >= 0.3 is 0 Å². The summed E-state index contributed by atoms with van der Waals surface area (Å²) in [4.78, 5) is 21.7. The van der Waals surface area contributed by atoms with Gasteiger partial charge < -0.3 is 10.3 Å². The number of fused-ring (bicyclic) bond motifs is 1. The van der Waals surface area contributed by atoms with Crippen LogP contribution in [0.25, 0.3) is 22.3 Å². The highest BCUT2D eigenvalue weighted by Gasteiger charge is 2.16. The van der Waals surface area contributed by atoms with Crippen LogP contribution < -0.4 is 11.3 Å². The number of nitrogens with zero attached hydrogens (tertiary/aromatic N) is 3. The summed E-state index contributed by atoms with van der Waals surface area (Å²) in [5.74, 6) is 2.52. The third kappa shape index (κ3) is 3.52. The Morgan fingerprint density at radius 3 is 2.59 bits per heavy atom. The zero-order valence-electron chi connectivity index (χ0n) is 15.6. The van der Waals surface area contributed by atoms with Gasteiger partial charge in [0.25, 0.3) is 5.56 Å². The summed E-state index contributed by atoms with van der Waals surface area (Å²) < 4.78 is 1.55. The molecular weight excluding hydrogens is 384 g/mol. The molecule has 2 N–H and O–H groups in total. The number of aryl methyl sites for hydroxylation is 1. The van der Waals surface area contributed by atoms with Gasteiger partial charge in [0.15, 0.2) is 0 Å². The number of hydrogen-bond acceptors (Lipinski definition) is 4. The van der Waals surface area contributed by atoms with Gasteiger partial charge in [0.2, 0.25) is 0 Å². The number of terminal acetylenes is 1. The summed E-state index contributed by atoms with van der Waals surface area (Å²) in [5, 5.41) is 0.643. The molecule has 0 saturated heterocycles. The van der Waals surface area contributed by atoms with Crippen molar-refractivity contribution in [1.82, 2.24) is 14.5 Å². The lowest BCUT2D eigenvalue weighted by molar-refractivity contribution is 0.831. The fraction of sp³-hybridized carbons (Fsp3) is 0.0870. The van der Waals surface area contributed by atoms with Crippen LogP contribution in [-0.4, -0.2) is 14.5 Å². The van der Waals surface area contributed by atoms with E-state index in [1.165, 1.54) is 6.07 Å². The van der Waals surface area contributed by atoms with Crippen LogP contribution in [-0.2, 0) is 7.05 Å². The molecule has 0 amide bonds. The Morgan fingerprint density at radius 2 is 1.86 bits per heavy atom. The Bertz CT molecular complexity index is 1320. The van der Waals surface area contributed by atoms with Gasteiger partial charge in [0.05, 0.1) is 28.5 Å². The average Bonchev–Trinajstić information content (AvgIpc) is 2.76. The number of aromatic nitrogens is 3. The molecule has 142 valence electrons. The van der Waals surface area contributed by atoms with Gasteiger partial charge in [-0.25, -0.2) is 9.97 Å². The van der Waals surface area contributed by atoms with Crippen molar-refractivity contribution in [1.29, 1.82) is 0 Å². The molecule has 0 fully saturated rings. The quantitative estimate of drug-likeness (QED) is 0.532. The SMILES string of the molecule is C#Cc1cccc(-c2cc(=O)n(C)c3ccc(C(N)c4ccc(Cl)cc4)nc23)n1. The highest BCUT2D eigenvalue weighted by atomic mass is 35.5. The van der Waals surface area contributed by atoms with Gasteiger partial charge in [-0.05, 0) is 42.0 Å². The first kappa shape index (κ1) is 18.9. The largest absolute Gasteiger partial charge is 0.319 e. The topological polar surface area (TPSA) is 73.8 Å². The van der Waals surface area contributed by atoms with Gasteiger partial charge in [-0.1, -0.05) is 35.7 Å². The van der Waals surface area contributed by atoms with Crippen molar-refractivity contribution < 1.29 is 0 Å². The van der Waals surface area contributed by atoms with Crippen molar-refractivity contribution in [3.05, 3.63) is 93.0 Å². The van der Waals surface area contributed by atoms with E-state index < -0.39 is 6.04 Å². The summed E-state index contributed by atoms with van der Waals surface area (Å²) in [6.45, 7) is 0. The Labute approximate surface area is 172 Å². The molecule has 0 aliphatic heterocycles. The van der Waals surface area contributed by atoms with Crippen LogP contribution >= 0.6 is 11.6 Å². The number of rotatable bonds is 3. The van der Waals surface area contributed by atoms with Gasteiger partial charge in [-0.3, -0.25) is 4.79 Å². The standard InChI is InChI=1S/C23H17ClN4O/c1-3-16-5-4-6-18(26-16)17-13-21(29)28(2)20-12-11-19(27-23(17)20)22(25)14-7-9-15(24)10-8-14/h1,4-13,22H,25H2,2H3. The second-order valence-corrected chi connectivity index (χ2v) is 7.08. The maximum atomic E-state index is 12.5. The number of nitrogens with two attached hydrogens (primary N) is 1. The molecule has 0 aliphatic carbocycles. The molecule has 4 aromatic rings. The van der Waals surface area contributed by atoms with Crippen molar-refractivity contribution in [2.24, 2.45) is 12.8 Å². The predicted octanol–water partition coefficient (Wildman–Crippen LogP) is 3.68. The van der Waals surface area contributed by atoms with Crippen LogP contribution in [0.2, 0.25) is 5.02 Å².